The van der Waals surface area contributed by atoms with E-state index < -0.39 is 0 Å². The van der Waals surface area contributed by atoms with E-state index in [4.69, 9.17) is 11.6 Å². The first-order valence-electron chi connectivity index (χ1n) is 6.15. The average Bonchev–Trinajstić information content (AvgIpc) is 2.77. The number of carbonyl (C=O) groups excluding carboxylic acids is 2. The molecule has 1 aromatic rings. The van der Waals surface area contributed by atoms with Crippen LogP contribution in [0, 0.1) is 5.92 Å². The highest BCUT2D eigenvalue weighted by atomic mass is 35.5. The fourth-order valence-corrected chi connectivity index (χ4v) is 3.05. The molecule has 0 saturated carbocycles. The van der Waals surface area contributed by atoms with Crippen LogP contribution >= 0.6 is 23.4 Å². The molecule has 1 aromatic heterocycles. The van der Waals surface area contributed by atoms with E-state index in [0.29, 0.717) is 30.2 Å². The van der Waals surface area contributed by atoms with Crippen LogP contribution in [-0.2, 0) is 9.59 Å². The van der Waals surface area contributed by atoms with Gasteiger partial charge < -0.3 is 10.2 Å². The minimum Gasteiger partial charge on any atom is -0.371 e. The lowest BCUT2D eigenvalue weighted by Crippen LogP contribution is -2.26. The number of nitrogens with one attached hydrogen (secondary N) is 1. The Morgan fingerprint density at radius 2 is 2.35 bits per heavy atom. The van der Waals surface area contributed by atoms with E-state index in [0.717, 1.165) is 0 Å². The third-order valence-electron chi connectivity index (χ3n) is 3.01. The van der Waals surface area contributed by atoms with Gasteiger partial charge in [-0.1, -0.05) is 23.4 Å². The van der Waals surface area contributed by atoms with Crippen LogP contribution in [0.2, 0.25) is 5.15 Å². The summed E-state index contributed by atoms with van der Waals surface area (Å²) in [5, 5.41) is 3.22. The van der Waals surface area contributed by atoms with Gasteiger partial charge in [-0.3, -0.25) is 9.59 Å². The van der Waals surface area contributed by atoms with Crippen LogP contribution in [0.5, 0.6) is 0 Å². The van der Waals surface area contributed by atoms with Crippen molar-refractivity contribution in [3.63, 3.8) is 0 Å². The topological polar surface area (TPSA) is 75.2 Å². The number of aromatic nitrogens is 2. The van der Waals surface area contributed by atoms with Crippen molar-refractivity contribution >= 4 is 45.9 Å². The Bertz CT molecular complexity index is 540. The second-order valence-corrected chi connectivity index (χ2v) is 6.04. The molecule has 0 aliphatic carbocycles. The molecule has 2 rings (SSSR count). The van der Waals surface area contributed by atoms with Crippen LogP contribution in [0.3, 0.4) is 0 Å². The molecule has 0 aromatic carbocycles. The van der Waals surface area contributed by atoms with Crippen LogP contribution in [0.1, 0.15) is 13.3 Å². The van der Waals surface area contributed by atoms with Gasteiger partial charge >= 0.3 is 0 Å². The van der Waals surface area contributed by atoms with Crippen molar-refractivity contribution in [3.8, 4) is 0 Å². The predicted octanol–water partition coefficient (Wildman–Crippen LogP) is 1.80. The number of hydrogen-bond acceptors (Lipinski definition) is 6. The van der Waals surface area contributed by atoms with E-state index in [-0.39, 0.29) is 22.1 Å². The van der Waals surface area contributed by atoms with Gasteiger partial charge in [-0.05, 0) is 5.92 Å². The molecule has 1 fully saturated rings. The standard InChI is InChI=1S/C12H15ClN4O2S/c1-7(18)20-5-8-3-9(19)17(4-8)10-11(13)15-6-16-12(10)14-2/h6,8H,3-5H2,1-2H3,(H,14,15,16). The van der Waals surface area contributed by atoms with E-state index in [9.17, 15) is 9.59 Å². The number of carbonyl (C=O) groups is 2. The molecule has 1 saturated heterocycles. The summed E-state index contributed by atoms with van der Waals surface area (Å²) in [6, 6.07) is 0. The lowest BCUT2D eigenvalue weighted by Gasteiger charge is -2.19. The Morgan fingerprint density at radius 3 is 3.00 bits per heavy atom. The first kappa shape index (κ1) is 15.1. The molecule has 0 spiro atoms. The maximum absolute atomic E-state index is 12.1. The van der Waals surface area contributed by atoms with Gasteiger partial charge in [-0.15, -0.1) is 0 Å². The number of thioether (sulfide) groups is 1. The highest BCUT2D eigenvalue weighted by molar-refractivity contribution is 8.13. The lowest BCUT2D eigenvalue weighted by atomic mass is 10.1. The normalized spacial score (nSPS) is 18.4. The third kappa shape index (κ3) is 3.21. The van der Waals surface area contributed by atoms with Gasteiger partial charge in [-0.25, -0.2) is 9.97 Å². The quantitative estimate of drug-likeness (QED) is 0.854. The highest BCUT2D eigenvalue weighted by Crippen LogP contribution is 2.35. The summed E-state index contributed by atoms with van der Waals surface area (Å²) < 4.78 is 0. The zero-order valence-electron chi connectivity index (χ0n) is 11.2. The minimum absolute atomic E-state index is 0.0210. The maximum Gasteiger partial charge on any atom is 0.227 e. The molecule has 0 bridgehead atoms. The molecule has 6 nitrogen and oxygen atoms in total. The van der Waals surface area contributed by atoms with Crippen LogP contribution < -0.4 is 10.2 Å². The Labute approximate surface area is 126 Å². The molecule has 1 aliphatic rings. The molecule has 1 N–H and O–H groups in total. The number of amides is 1. The van der Waals surface area contributed by atoms with Crippen molar-refractivity contribution in [2.24, 2.45) is 5.92 Å². The lowest BCUT2D eigenvalue weighted by molar-refractivity contribution is -0.117. The molecule has 20 heavy (non-hydrogen) atoms. The van der Waals surface area contributed by atoms with Crippen LogP contribution in [0.4, 0.5) is 11.5 Å². The zero-order valence-corrected chi connectivity index (χ0v) is 12.8. The number of nitrogens with zero attached hydrogens (tertiary/aromatic N) is 3. The largest absolute Gasteiger partial charge is 0.371 e. The number of hydrogen-bond donors (Lipinski definition) is 1. The summed E-state index contributed by atoms with van der Waals surface area (Å²) >= 11 is 7.33. The number of anilines is 2. The van der Waals surface area contributed by atoms with E-state index >= 15 is 0 Å². The van der Waals surface area contributed by atoms with Gasteiger partial charge in [0.15, 0.2) is 16.1 Å². The Balaban J connectivity index is 2.18. The molecule has 1 aliphatic heterocycles. The number of rotatable bonds is 4. The summed E-state index contributed by atoms with van der Waals surface area (Å²) in [4.78, 5) is 32.7. The van der Waals surface area contributed by atoms with Gasteiger partial charge in [0.25, 0.3) is 0 Å². The molecule has 1 amide bonds. The Morgan fingerprint density at radius 1 is 1.60 bits per heavy atom. The van der Waals surface area contributed by atoms with E-state index in [1.54, 1.807) is 11.9 Å². The SMILES string of the molecule is CNc1ncnc(Cl)c1N1CC(CSC(C)=O)CC1=O. The summed E-state index contributed by atoms with van der Waals surface area (Å²) in [7, 11) is 1.71. The predicted molar refractivity (Wildman–Crippen MR) is 80.2 cm³/mol. The smallest absolute Gasteiger partial charge is 0.227 e. The molecular formula is C12H15ClN4O2S. The summed E-state index contributed by atoms with van der Waals surface area (Å²) in [5.74, 6) is 1.28. The number of halogens is 1. The van der Waals surface area contributed by atoms with Crippen molar-refractivity contribution < 1.29 is 9.59 Å². The molecule has 1 unspecified atom stereocenters. The van der Waals surface area contributed by atoms with Crippen molar-refractivity contribution in [3.05, 3.63) is 11.5 Å². The minimum atomic E-state index is -0.0210. The molecule has 2 heterocycles. The van der Waals surface area contributed by atoms with Gasteiger partial charge in [0.05, 0.1) is 0 Å². The Hall–Kier alpha value is -1.34. The van der Waals surface area contributed by atoms with Gasteiger partial charge in [-0.2, -0.15) is 0 Å². The molecular weight excluding hydrogens is 300 g/mol. The first-order chi connectivity index (χ1) is 9.52. The van der Waals surface area contributed by atoms with E-state index in [2.05, 4.69) is 15.3 Å². The van der Waals surface area contributed by atoms with Crippen LogP contribution in [-0.4, -0.2) is 40.3 Å². The van der Waals surface area contributed by atoms with Gasteiger partial charge in [0.1, 0.15) is 12.0 Å². The van der Waals surface area contributed by atoms with Gasteiger partial charge in [0, 0.05) is 32.7 Å². The van der Waals surface area contributed by atoms with Crippen molar-refractivity contribution in [1.82, 2.24) is 9.97 Å². The van der Waals surface area contributed by atoms with Crippen LogP contribution in [0.15, 0.2) is 6.33 Å². The van der Waals surface area contributed by atoms with Crippen molar-refractivity contribution in [2.45, 2.75) is 13.3 Å². The second-order valence-electron chi connectivity index (χ2n) is 4.49. The fourth-order valence-electron chi connectivity index (χ4n) is 2.12. The third-order valence-corrected chi connectivity index (χ3v) is 4.33. The average molecular weight is 315 g/mol. The maximum atomic E-state index is 12.1. The monoisotopic (exact) mass is 314 g/mol. The Kier molecular flexibility index (Phi) is 4.82. The molecule has 1 atom stereocenters. The van der Waals surface area contributed by atoms with Crippen molar-refractivity contribution in [2.75, 3.05) is 29.6 Å². The first-order valence-corrected chi connectivity index (χ1v) is 7.51. The highest BCUT2D eigenvalue weighted by Gasteiger charge is 2.33. The van der Waals surface area contributed by atoms with Gasteiger partial charge in [0.2, 0.25) is 5.91 Å². The summed E-state index contributed by atoms with van der Waals surface area (Å²) in [6.45, 7) is 2.06. The molecule has 108 valence electrons. The van der Waals surface area contributed by atoms with E-state index in [1.165, 1.54) is 25.0 Å². The van der Waals surface area contributed by atoms with Crippen molar-refractivity contribution in [1.29, 1.82) is 0 Å². The van der Waals surface area contributed by atoms with Crippen LogP contribution in [0.25, 0.3) is 0 Å². The second kappa shape index (κ2) is 6.41. The molecule has 0 radical (unpaired) electrons. The fraction of sp³-hybridized carbons (Fsp3) is 0.500. The molecule has 8 heteroatoms. The van der Waals surface area contributed by atoms with E-state index in [1.807, 2.05) is 0 Å². The zero-order chi connectivity index (χ0) is 14.7. The summed E-state index contributed by atoms with van der Waals surface area (Å²) in [5.41, 5.74) is 0.511. The summed E-state index contributed by atoms with van der Waals surface area (Å²) in [6.07, 6.45) is 1.76.